The first-order valence-corrected chi connectivity index (χ1v) is 8.80. The van der Waals surface area contributed by atoms with Crippen LogP contribution in [0.1, 0.15) is 37.6 Å². The molecular weight excluding hydrogens is 312 g/mol. The summed E-state index contributed by atoms with van der Waals surface area (Å²) in [6.07, 6.45) is 2.78. The number of hydrogen-bond acceptors (Lipinski definition) is 3. The first-order valence-electron chi connectivity index (χ1n) is 8.80. The predicted molar refractivity (Wildman–Crippen MR) is 100 cm³/mol. The molecule has 1 N–H and O–H groups in total. The summed E-state index contributed by atoms with van der Waals surface area (Å²) in [5.74, 6) is 1.23. The molecule has 0 saturated heterocycles. The Hall–Kier alpha value is -2.69. The maximum Gasteiger partial charge on any atom is 0.251 e. The summed E-state index contributed by atoms with van der Waals surface area (Å²) in [7, 11) is 0. The molecule has 0 saturated carbocycles. The summed E-state index contributed by atoms with van der Waals surface area (Å²) in [4.78, 5) is 21.6. The van der Waals surface area contributed by atoms with Crippen LogP contribution in [0.25, 0.3) is 22.6 Å². The standard InChI is InChI=1S/C20H24N4O/c1-4-11-24-18(23-17-9-6-10-21-19(17)24)15-7-5-8-16(12-15)20(25)22-13-14(2)3/h5-10,12,14H,4,11,13H2,1-3H3,(H,22,25). The number of carbonyl (C=O) groups excluding carboxylic acids is 1. The minimum atomic E-state index is -0.0492. The van der Waals surface area contributed by atoms with Crippen molar-refractivity contribution >= 4 is 17.1 Å². The van der Waals surface area contributed by atoms with Gasteiger partial charge in [0.2, 0.25) is 0 Å². The van der Waals surface area contributed by atoms with Crippen molar-refractivity contribution in [3.63, 3.8) is 0 Å². The van der Waals surface area contributed by atoms with Gasteiger partial charge in [-0.3, -0.25) is 4.79 Å². The van der Waals surface area contributed by atoms with E-state index in [1.54, 1.807) is 6.20 Å². The van der Waals surface area contributed by atoms with E-state index < -0.39 is 0 Å². The van der Waals surface area contributed by atoms with Crippen LogP contribution in [0, 0.1) is 5.92 Å². The highest BCUT2D eigenvalue weighted by molar-refractivity contribution is 5.95. The number of rotatable bonds is 6. The van der Waals surface area contributed by atoms with E-state index in [-0.39, 0.29) is 5.91 Å². The molecule has 2 aromatic heterocycles. The number of amides is 1. The number of nitrogens with one attached hydrogen (secondary N) is 1. The highest BCUT2D eigenvalue weighted by atomic mass is 16.1. The average Bonchev–Trinajstić information content (AvgIpc) is 2.99. The van der Waals surface area contributed by atoms with Gasteiger partial charge in [-0.25, -0.2) is 9.97 Å². The smallest absolute Gasteiger partial charge is 0.251 e. The van der Waals surface area contributed by atoms with Gasteiger partial charge >= 0.3 is 0 Å². The lowest BCUT2D eigenvalue weighted by Gasteiger charge is -2.10. The van der Waals surface area contributed by atoms with Gasteiger partial charge in [-0.1, -0.05) is 32.9 Å². The Morgan fingerprint density at radius 3 is 2.84 bits per heavy atom. The number of carbonyl (C=O) groups is 1. The van der Waals surface area contributed by atoms with Crippen molar-refractivity contribution in [1.82, 2.24) is 19.9 Å². The van der Waals surface area contributed by atoms with E-state index in [0.717, 1.165) is 35.5 Å². The van der Waals surface area contributed by atoms with Crippen molar-refractivity contribution in [2.75, 3.05) is 6.54 Å². The lowest BCUT2D eigenvalue weighted by atomic mass is 10.1. The van der Waals surface area contributed by atoms with Crippen LogP contribution < -0.4 is 5.32 Å². The molecule has 5 nitrogen and oxygen atoms in total. The van der Waals surface area contributed by atoms with E-state index in [1.165, 1.54) is 0 Å². The van der Waals surface area contributed by atoms with Gasteiger partial charge in [-0.15, -0.1) is 0 Å². The predicted octanol–water partition coefficient (Wildman–Crippen LogP) is 3.89. The maximum absolute atomic E-state index is 12.4. The van der Waals surface area contributed by atoms with Crippen LogP contribution >= 0.6 is 0 Å². The highest BCUT2D eigenvalue weighted by Gasteiger charge is 2.14. The highest BCUT2D eigenvalue weighted by Crippen LogP contribution is 2.24. The van der Waals surface area contributed by atoms with Crippen molar-refractivity contribution in [2.24, 2.45) is 5.92 Å². The summed E-state index contributed by atoms with van der Waals surface area (Å²) in [6.45, 7) is 7.80. The monoisotopic (exact) mass is 336 g/mol. The van der Waals surface area contributed by atoms with Crippen LogP contribution in [0.4, 0.5) is 0 Å². The Morgan fingerprint density at radius 1 is 1.24 bits per heavy atom. The fourth-order valence-electron chi connectivity index (χ4n) is 2.81. The molecule has 0 radical (unpaired) electrons. The Balaban J connectivity index is 1.99. The number of aryl methyl sites for hydroxylation is 1. The molecule has 5 heteroatoms. The van der Waals surface area contributed by atoms with E-state index in [9.17, 15) is 4.79 Å². The van der Waals surface area contributed by atoms with Gasteiger partial charge in [-0.2, -0.15) is 0 Å². The molecular formula is C20H24N4O. The second-order valence-corrected chi connectivity index (χ2v) is 6.62. The Morgan fingerprint density at radius 2 is 2.08 bits per heavy atom. The molecule has 0 spiro atoms. The summed E-state index contributed by atoms with van der Waals surface area (Å²) in [6, 6.07) is 11.5. The van der Waals surface area contributed by atoms with Gasteiger partial charge < -0.3 is 9.88 Å². The van der Waals surface area contributed by atoms with Gasteiger partial charge in [0.05, 0.1) is 0 Å². The Bertz CT molecular complexity index is 882. The van der Waals surface area contributed by atoms with E-state index in [2.05, 4.69) is 35.6 Å². The summed E-state index contributed by atoms with van der Waals surface area (Å²) < 4.78 is 2.13. The number of pyridine rings is 1. The zero-order chi connectivity index (χ0) is 17.8. The van der Waals surface area contributed by atoms with Crippen LogP contribution in [-0.4, -0.2) is 27.0 Å². The van der Waals surface area contributed by atoms with Gasteiger partial charge in [-0.05, 0) is 36.6 Å². The average molecular weight is 336 g/mol. The number of aromatic nitrogens is 3. The van der Waals surface area contributed by atoms with Crippen LogP contribution in [0.2, 0.25) is 0 Å². The van der Waals surface area contributed by atoms with Crippen LogP contribution in [-0.2, 0) is 6.54 Å². The van der Waals surface area contributed by atoms with E-state index >= 15 is 0 Å². The second-order valence-electron chi connectivity index (χ2n) is 6.62. The lowest BCUT2D eigenvalue weighted by Crippen LogP contribution is -2.27. The van der Waals surface area contributed by atoms with Crippen LogP contribution in [0.3, 0.4) is 0 Å². The van der Waals surface area contributed by atoms with Crippen LogP contribution in [0.5, 0.6) is 0 Å². The van der Waals surface area contributed by atoms with Crippen molar-refractivity contribution in [3.8, 4) is 11.4 Å². The van der Waals surface area contributed by atoms with E-state index in [4.69, 9.17) is 4.98 Å². The third-order valence-corrected chi connectivity index (χ3v) is 4.00. The number of nitrogens with zero attached hydrogens (tertiary/aromatic N) is 3. The lowest BCUT2D eigenvalue weighted by molar-refractivity contribution is 0.0949. The van der Waals surface area contributed by atoms with Gasteiger partial charge in [0.1, 0.15) is 11.3 Å². The van der Waals surface area contributed by atoms with Gasteiger partial charge in [0, 0.05) is 30.4 Å². The summed E-state index contributed by atoms with van der Waals surface area (Å²) >= 11 is 0. The number of benzene rings is 1. The van der Waals surface area contributed by atoms with Crippen molar-refractivity contribution in [1.29, 1.82) is 0 Å². The Kier molecular flexibility index (Phi) is 5.12. The molecule has 25 heavy (non-hydrogen) atoms. The minimum Gasteiger partial charge on any atom is -0.352 e. The van der Waals surface area contributed by atoms with Gasteiger partial charge in [0.15, 0.2) is 5.65 Å². The molecule has 1 aromatic carbocycles. The first-order chi connectivity index (χ1) is 12.1. The molecule has 0 atom stereocenters. The van der Waals surface area contributed by atoms with Crippen molar-refractivity contribution in [3.05, 3.63) is 48.2 Å². The fraction of sp³-hybridized carbons (Fsp3) is 0.350. The zero-order valence-electron chi connectivity index (χ0n) is 15.0. The topological polar surface area (TPSA) is 59.8 Å². The van der Waals surface area contributed by atoms with Crippen molar-refractivity contribution in [2.45, 2.75) is 33.7 Å². The first kappa shape index (κ1) is 17.1. The fourth-order valence-corrected chi connectivity index (χ4v) is 2.81. The van der Waals surface area contributed by atoms with Crippen molar-refractivity contribution < 1.29 is 4.79 Å². The normalized spacial score (nSPS) is 11.2. The molecule has 0 fully saturated rings. The molecule has 0 aliphatic rings. The Labute approximate surface area is 148 Å². The summed E-state index contributed by atoms with van der Waals surface area (Å²) in [5, 5.41) is 2.96. The molecule has 3 aromatic rings. The number of fused-ring (bicyclic) bond motifs is 1. The number of imidazole rings is 1. The quantitative estimate of drug-likeness (QED) is 0.743. The second kappa shape index (κ2) is 7.47. The molecule has 1 amide bonds. The molecule has 0 bridgehead atoms. The third-order valence-electron chi connectivity index (χ3n) is 4.00. The van der Waals surface area contributed by atoms with Gasteiger partial charge in [0.25, 0.3) is 5.91 Å². The molecule has 0 unspecified atom stereocenters. The zero-order valence-corrected chi connectivity index (χ0v) is 15.0. The van der Waals surface area contributed by atoms with E-state index in [1.807, 2.05) is 36.4 Å². The third kappa shape index (κ3) is 3.71. The molecule has 130 valence electrons. The van der Waals surface area contributed by atoms with Crippen LogP contribution in [0.15, 0.2) is 42.6 Å². The SMILES string of the molecule is CCCn1c(-c2cccc(C(=O)NCC(C)C)c2)nc2cccnc21. The summed E-state index contributed by atoms with van der Waals surface area (Å²) in [5.41, 5.74) is 3.35. The molecule has 3 rings (SSSR count). The van der Waals surface area contributed by atoms with E-state index in [0.29, 0.717) is 18.0 Å². The maximum atomic E-state index is 12.4. The largest absolute Gasteiger partial charge is 0.352 e. The molecule has 0 aliphatic carbocycles. The minimum absolute atomic E-state index is 0.0492. The molecule has 2 heterocycles. The number of hydrogen-bond donors (Lipinski definition) is 1. The molecule has 0 aliphatic heterocycles.